The maximum Gasteiger partial charge on any atom is 0.351 e. The fraction of sp³-hybridized carbons (Fsp3) is 0.471. The summed E-state index contributed by atoms with van der Waals surface area (Å²) < 4.78 is 15.5. The van der Waals surface area contributed by atoms with Crippen molar-refractivity contribution in [3.63, 3.8) is 0 Å². The van der Waals surface area contributed by atoms with Gasteiger partial charge in [0.25, 0.3) is 5.60 Å². The summed E-state index contributed by atoms with van der Waals surface area (Å²) in [4.78, 5) is 36.7. The molecule has 1 saturated heterocycles. The van der Waals surface area contributed by atoms with Gasteiger partial charge in [0.1, 0.15) is 6.10 Å². The van der Waals surface area contributed by atoms with Crippen molar-refractivity contribution < 1.29 is 28.6 Å². The molecule has 124 valence electrons. The van der Waals surface area contributed by atoms with Gasteiger partial charge in [-0.3, -0.25) is 4.79 Å². The van der Waals surface area contributed by atoms with E-state index < -0.39 is 29.6 Å². The first-order chi connectivity index (χ1) is 11.0. The molecule has 2 atom stereocenters. The van der Waals surface area contributed by atoms with E-state index >= 15 is 0 Å². The van der Waals surface area contributed by atoms with E-state index in [4.69, 9.17) is 14.2 Å². The number of Topliss-reactive ketones (excluding diaryl/α,β-unsaturated/α-hetero) is 1. The number of ketones is 1. The van der Waals surface area contributed by atoms with Gasteiger partial charge in [0.05, 0.1) is 19.1 Å². The second-order valence-electron chi connectivity index (χ2n) is 5.21. The molecule has 0 saturated carbocycles. The quantitative estimate of drug-likeness (QED) is 0.585. The molecule has 1 heterocycles. The lowest BCUT2D eigenvalue weighted by molar-refractivity contribution is -0.242. The predicted octanol–water partition coefficient (Wildman–Crippen LogP) is 1.62. The van der Waals surface area contributed by atoms with Gasteiger partial charge in [0, 0.05) is 0 Å². The smallest absolute Gasteiger partial charge is 0.351 e. The Morgan fingerprint density at radius 3 is 2.00 bits per heavy atom. The van der Waals surface area contributed by atoms with E-state index in [1.165, 1.54) is 6.92 Å². The highest BCUT2D eigenvalue weighted by atomic mass is 16.6. The summed E-state index contributed by atoms with van der Waals surface area (Å²) in [5, 5.41) is 0. The minimum atomic E-state index is -1.93. The van der Waals surface area contributed by atoms with Crippen molar-refractivity contribution in [2.75, 3.05) is 13.2 Å². The number of hydrogen-bond acceptors (Lipinski definition) is 6. The zero-order valence-corrected chi connectivity index (χ0v) is 13.4. The highest BCUT2D eigenvalue weighted by molar-refractivity contribution is 6.08. The lowest BCUT2D eigenvalue weighted by Crippen LogP contribution is -2.69. The Kier molecular flexibility index (Phi) is 5.15. The lowest BCUT2D eigenvalue weighted by Gasteiger charge is -2.49. The topological polar surface area (TPSA) is 78.9 Å². The van der Waals surface area contributed by atoms with Crippen LogP contribution in [0, 0.1) is 0 Å². The number of ether oxygens (including phenoxy) is 3. The maximum absolute atomic E-state index is 12.5. The van der Waals surface area contributed by atoms with Crippen LogP contribution in [-0.2, 0) is 28.6 Å². The van der Waals surface area contributed by atoms with Crippen molar-refractivity contribution in [1.29, 1.82) is 0 Å². The van der Waals surface area contributed by atoms with E-state index in [0.717, 1.165) is 0 Å². The van der Waals surface area contributed by atoms with Crippen LogP contribution in [0.5, 0.6) is 0 Å². The Morgan fingerprint density at radius 1 is 1.04 bits per heavy atom. The maximum atomic E-state index is 12.5. The SMILES string of the molecule is CCOC(=O)C1(C(=O)OCC)O[C@@H](C(C)=O)[C@@H]1c1ccccc1. The first-order valence-corrected chi connectivity index (χ1v) is 7.56. The number of carbonyl (C=O) groups is 3. The molecule has 0 N–H and O–H groups in total. The number of benzene rings is 1. The number of rotatable bonds is 6. The standard InChI is InChI=1S/C17H20O6/c1-4-21-15(19)17(16(20)22-5-2)13(14(23-17)11(3)18)12-9-7-6-8-10-12/h6-10,13-14H,4-5H2,1-3H3/t13-,14-/m0/s1. The monoisotopic (exact) mass is 320 g/mol. The molecule has 0 amide bonds. The van der Waals surface area contributed by atoms with Crippen molar-refractivity contribution in [3.05, 3.63) is 35.9 Å². The van der Waals surface area contributed by atoms with E-state index in [-0.39, 0.29) is 19.0 Å². The molecular formula is C17H20O6. The van der Waals surface area contributed by atoms with Crippen LogP contribution in [0.15, 0.2) is 30.3 Å². The van der Waals surface area contributed by atoms with Crippen LogP contribution < -0.4 is 0 Å². The van der Waals surface area contributed by atoms with Gasteiger partial charge in [-0.25, -0.2) is 9.59 Å². The molecule has 0 radical (unpaired) electrons. The molecule has 0 aliphatic carbocycles. The fourth-order valence-corrected chi connectivity index (χ4v) is 2.78. The molecule has 0 aromatic heterocycles. The second-order valence-corrected chi connectivity index (χ2v) is 5.21. The summed E-state index contributed by atoms with van der Waals surface area (Å²) in [5.74, 6) is -2.68. The minimum Gasteiger partial charge on any atom is -0.463 e. The molecule has 2 rings (SSSR count). The summed E-state index contributed by atoms with van der Waals surface area (Å²) in [6.07, 6.45) is -0.883. The molecule has 1 aliphatic rings. The number of hydrogen-bond donors (Lipinski definition) is 0. The van der Waals surface area contributed by atoms with Gasteiger partial charge in [0.15, 0.2) is 5.78 Å². The largest absolute Gasteiger partial charge is 0.463 e. The van der Waals surface area contributed by atoms with Crippen LogP contribution in [0.2, 0.25) is 0 Å². The van der Waals surface area contributed by atoms with Crippen LogP contribution in [0.1, 0.15) is 32.3 Å². The first-order valence-electron chi connectivity index (χ1n) is 7.56. The number of esters is 2. The van der Waals surface area contributed by atoms with Gasteiger partial charge in [-0.2, -0.15) is 0 Å². The average molecular weight is 320 g/mol. The summed E-state index contributed by atoms with van der Waals surface area (Å²) >= 11 is 0. The van der Waals surface area contributed by atoms with Crippen LogP contribution in [-0.4, -0.2) is 42.6 Å². The Morgan fingerprint density at radius 2 is 1.57 bits per heavy atom. The molecule has 0 bridgehead atoms. The summed E-state index contributed by atoms with van der Waals surface area (Å²) in [6, 6.07) is 8.84. The van der Waals surface area contributed by atoms with Crippen LogP contribution in [0.3, 0.4) is 0 Å². The van der Waals surface area contributed by atoms with Crippen LogP contribution in [0.4, 0.5) is 0 Å². The van der Waals surface area contributed by atoms with Gasteiger partial charge in [-0.15, -0.1) is 0 Å². The molecule has 6 nitrogen and oxygen atoms in total. The van der Waals surface area contributed by atoms with E-state index in [1.54, 1.807) is 38.1 Å². The molecule has 0 spiro atoms. The van der Waals surface area contributed by atoms with Crippen molar-refractivity contribution >= 4 is 17.7 Å². The van der Waals surface area contributed by atoms with Gasteiger partial charge in [-0.1, -0.05) is 30.3 Å². The van der Waals surface area contributed by atoms with Crippen molar-refractivity contribution in [1.82, 2.24) is 0 Å². The van der Waals surface area contributed by atoms with Gasteiger partial charge in [-0.05, 0) is 26.3 Å². The molecule has 0 unspecified atom stereocenters. The van der Waals surface area contributed by atoms with E-state index in [0.29, 0.717) is 5.56 Å². The Bertz CT molecular complexity index is 576. The van der Waals surface area contributed by atoms with Gasteiger partial charge in [0.2, 0.25) is 0 Å². The predicted molar refractivity (Wildman–Crippen MR) is 80.7 cm³/mol. The van der Waals surface area contributed by atoms with E-state index in [1.807, 2.05) is 6.07 Å². The molecule has 1 fully saturated rings. The first kappa shape index (κ1) is 17.1. The van der Waals surface area contributed by atoms with Crippen molar-refractivity contribution in [3.8, 4) is 0 Å². The molecule has 1 aromatic rings. The third-order valence-corrected chi connectivity index (χ3v) is 3.77. The second kappa shape index (κ2) is 6.91. The molecule has 1 aliphatic heterocycles. The molecule has 6 heteroatoms. The van der Waals surface area contributed by atoms with Crippen molar-refractivity contribution in [2.24, 2.45) is 0 Å². The Balaban J connectivity index is 2.49. The van der Waals surface area contributed by atoms with Gasteiger partial charge >= 0.3 is 11.9 Å². The Hall–Kier alpha value is -2.21. The normalized spacial score (nSPS) is 21.9. The lowest BCUT2D eigenvalue weighted by atomic mass is 9.71. The average Bonchev–Trinajstić information content (AvgIpc) is 2.48. The molecule has 1 aromatic carbocycles. The third-order valence-electron chi connectivity index (χ3n) is 3.77. The summed E-state index contributed by atoms with van der Waals surface area (Å²) in [5.41, 5.74) is -1.27. The van der Waals surface area contributed by atoms with Gasteiger partial charge < -0.3 is 14.2 Å². The number of carbonyl (C=O) groups excluding carboxylic acids is 3. The highest BCUT2D eigenvalue weighted by Crippen LogP contribution is 2.48. The van der Waals surface area contributed by atoms with Crippen LogP contribution >= 0.6 is 0 Å². The summed E-state index contributed by atoms with van der Waals surface area (Å²) in [7, 11) is 0. The van der Waals surface area contributed by atoms with Crippen LogP contribution in [0.25, 0.3) is 0 Å². The molecule has 23 heavy (non-hydrogen) atoms. The summed E-state index contributed by atoms with van der Waals surface area (Å²) in [6.45, 7) is 4.82. The van der Waals surface area contributed by atoms with Crippen molar-refractivity contribution in [2.45, 2.75) is 38.4 Å². The third kappa shape index (κ3) is 2.86. The fourth-order valence-electron chi connectivity index (χ4n) is 2.78. The minimum absolute atomic E-state index is 0.0929. The molecular weight excluding hydrogens is 300 g/mol. The highest BCUT2D eigenvalue weighted by Gasteiger charge is 2.69. The zero-order chi connectivity index (χ0) is 17.0. The zero-order valence-electron chi connectivity index (χ0n) is 13.4. The van der Waals surface area contributed by atoms with E-state index in [9.17, 15) is 14.4 Å². The van der Waals surface area contributed by atoms with E-state index in [2.05, 4.69) is 0 Å². The Labute approximate surface area is 134 Å².